The van der Waals surface area contributed by atoms with E-state index >= 15 is 0 Å². The molecule has 0 aliphatic carbocycles. The van der Waals surface area contributed by atoms with Crippen LogP contribution < -0.4 is 10.1 Å². The van der Waals surface area contributed by atoms with E-state index in [1.165, 1.54) is 23.0 Å². The van der Waals surface area contributed by atoms with Crippen LogP contribution in [-0.2, 0) is 36.9 Å². The minimum Gasteiger partial charge on any atom is -0.497 e. The molecule has 1 saturated heterocycles. The molecule has 0 unspecified atom stereocenters. The van der Waals surface area contributed by atoms with E-state index in [-0.39, 0.29) is 48.7 Å². The van der Waals surface area contributed by atoms with Gasteiger partial charge in [-0.3, -0.25) is 8.98 Å². The maximum absolute atomic E-state index is 12.8. The number of carbonyl (C=O) groups is 1. The van der Waals surface area contributed by atoms with E-state index in [0.29, 0.717) is 23.8 Å². The molecule has 1 aliphatic rings. The van der Waals surface area contributed by atoms with Gasteiger partial charge in [0.05, 0.1) is 38.4 Å². The molecule has 14 nitrogen and oxygen atoms in total. The van der Waals surface area contributed by atoms with E-state index in [9.17, 15) is 13.2 Å². The normalized spacial score (nSPS) is 17.0. The Morgan fingerprint density at radius 3 is 2.56 bits per heavy atom. The van der Waals surface area contributed by atoms with Crippen LogP contribution in [0.5, 0.6) is 5.75 Å². The number of rotatable bonds is 11. The van der Waals surface area contributed by atoms with Crippen molar-refractivity contribution >= 4 is 16.0 Å². The van der Waals surface area contributed by atoms with E-state index < -0.39 is 22.3 Å². The van der Waals surface area contributed by atoms with Crippen molar-refractivity contribution in [2.75, 3.05) is 26.9 Å². The van der Waals surface area contributed by atoms with Crippen molar-refractivity contribution < 1.29 is 31.6 Å². The molecule has 5 rings (SSSR count). The monoisotopic (exact) mass is 609 g/mol. The van der Waals surface area contributed by atoms with Crippen molar-refractivity contribution in [3.8, 4) is 17.3 Å². The molecule has 15 heteroatoms. The molecule has 1 N–H and O–H groups in total. The molecule has 1 amide bonds. The molecular weight excluding hydrogens is 578 g/mol. The Bertz CT molecular complexity index is 1670. The molecule has 0 saturated carbocycles. The first kappa shape index (κ1) is 30.2. The third-order valence-electron chi connectivity index (χ3n) is 6.46. The number of nitrogens with zero attached hydrogens (tertiary/aromatic N) is 6. The van der Waals surface area contributed by atoms with Crippen molar-refractivity contribution in [2.45, 2.75) is 44.0 Å². The number of aryl methyl sites for hydroxylation is 2. The highest BCUT2D eigenvalue weighted by Gasteiger charge is 2.26. The van der Waals surface area contributed by atoms with E-state index in [1.54, 1.807) is 26.2 Å². The van der Waals surface area contributed by atoms with Crippen molar-refractivity contribution in [2.24, 2.45) is 0 Å². The summed E-state index contributed by atoms with van der Waals surface area (Å²) in [5.74, 6) is 0.920. The van der Waals surface area contributed by atoms with Crippen molar-refractivity contribution in [1.82, 2.24) is 35.5 Å². The SMILES string of the molecule is COc1cccc(CNC(=O)c2cc(-c3nnn(C[C@H]4CO[C@H](COS(=O)(=O)c5ccc(C)cc5)CO4)n3)nc(C)n2)c1. The Kier molecular flexibility index (Phi) is 9.35. The number of carbonyl (C=O) groups excluding carboxylic acids is 1. The van der Waals surface area contributed by atoms with Crippen LogP contribution in [0.15, 0.2) is 59.5 Å². The minimum absolute atomic E-state index is 0.0839. The smallest absolute Gasteiger partial charge is 0.297 e. The van der Waals surface area contributed by atoms with Crippen LogP contribution >= 0.6 is 0 Å². The molecule has 2 aromatic heterocycles. The van der Waals surface area contributed by atoms with Crippen molar-refractivity contribution in [3.05, 3.63) is 77.2 Å². The van der Waals surface area contributed by atoms with Gasteiger partial charge in [-0.15, -0.1) is 10.2 Å². The number of nitrogens with one attached hydrogen (secondary N) is 1. The summed E-state index contributed by atoms with van der Waals surface area (Å²) in [6.07, 6.45) is -0.940. The zero-order chi connectivity index (χ0) is 30.4. The summed E-state index contributed by atoms with van der Waals surface area (Å²) in [7, 11) is -2.32. The topological polar surface area (TPSA) is 170 Å². The minimum atomic E-state index is -3.90. The average Bonchev–Trinajstić information content (AvgIpc) is 3.48. The molecular formula is C28H31N7O7S. The summed E-state index contributed by atoms with van der Waals surface area (Å²) in [5, 5.41) is 15.4. The summed E-state index contributed by atoms with van der Waals surface area (Å²) in [4.78, 5) is 22.9. The molecule has 3 heterocycles. The third-order valence-corrected chi connectivity index (χ3v) is 7.76. The quantitative estimate of drug-likeness (QED) is 0.245. The fraction of sp³-hybridized carbons (Fsp3) is 0.357. The van der Waals surface area contributed by atoms with Gasteiger partial charge in [0.2, 0.25) is 5.82 Å². The Morgan fingerprint density at radius 1 is 1.05 bits per heavy atom. The highest BCUT2D eigenvalue weighted by Crippen LogP contribution is 2.17. The Balaban J connectivity index is 1.13. The number of hydrogen-bond donors (Lipinski definition) is 1. The highest BCUT2D eigenvalue weighted by molar-refractivity contribution is 7.86. The second-order valence-corrected chi connectivity index (χ2v) is 11.5. The predicted molar refractivity (Wildman–Crippen MR) is 152 cm³/mol. The van der Waals surface area contributed by atoms with E-state index in [0.717, 1.165) is 11.1 Å². The molecule has 4 aromatic rings. The van der Waals surface area contributed by atoms with Gasteiger partial charge in [0.1, 0.15) is 35.2 Å². The van der Waals surface area contributed by atoms with Gasteiger partial charge in [0.15, 0.2) is 0 Å². The molecule has 226 valence electrons. The summed E-state index contributed by atoms with van der Waals surface area (Å²) in [6.45, 7) is 4.22. The number of methoxy groups -OCH3 is 1. The van der Waals surface area contributed by atoms with Crippen LogP contribution in [0.3, 0.4) is 0 Å². The Labute approximate surface area is 248 Å². The molecule has 0 spiro atoms. The van der Waals surface area contributed by atoms with Gasteiger partial charge in [-0.25, -0.2) is 9.97 Å². The molecule has 43 heavy (non-hydrogen) atoms. The van der Waals surface area contributed by atoms with Crippen LogP contribution in [0.2, 0.25) is 0 Å². The maximum Gasteiger partial charge on any atom is 0.297 e. The predicted octanol–water partition coefficient (Wildman–Crippen LogP) is 1.88. The number of ether oxygens (including phenoxy) is 3. The number of amides is 1. The first-order valence-electron chi connectivity index (χ1n) is 13.4. The summed E-state index contributed by atoms with van der Waals surface area (Å²) >= 11 is 0. The van der Waals surface area contributed by atoms with E-state index in [2.05, 4.69) is 30.7 Å². The fourth-order valence-corrected chi connectivity index (χ4v) is 5.12. The van der Waals surface area contributed by atoms with Crippen LogP contribution in [0.1, 0.15) is 27.4 Å². The fourth-order valence-electron chi connectivity index (χ4n) is 4.18. The molecule has 0 bridgehead atoms. The van der Waals surface area contributed by atoms with Crippen LogP contribution in [-0.4, -0.2) is 83.6 Å². The van der Waals surface area contributed by atoms with Crippen molar-refractivity contribution in [1.29, 1.82) is 0 Å². The van der Waals surface area contributed by atoms with Crippen LogP contribution in [0, 0.1) is 13.8 Å². The Hall–Kier alpha value is -4.31. The molecule has 2 atom stereocenters. The standard InChI is InChI=1S/C28H31N7O7S/c1-18-7-9-24(10-8-18)43(37,38)42-17-23-16-40-22(15-41-23)14-35-33-27(32-34-35)25-12-26(31-19(2)30-25)28(36)29-13-20-5-4-6-21(11-20)39-3/h4-12,22-23H,13-17H2,1-3H3,(H,29,36)/t22-,23-/m0/s1. The number of hydrogen-bond acceptors (Lipinski definition) is 12. The number of tetrazole rings is 1. The average molecular weight is 610 g/mol. The van der Waals surface area contributed by atoms with Gasteiger partial charge in [0.25, 0.3) is 16.0 Å². The molecule has 1 aliphatic heterocycles. The van der Waals surface area contributed by atoms with Gasteiger partial charge >= 0.3 is 0 Å². The van der Waals surface area contributed by atoms with Gasteiger partial charge in [-0.2, -0.15) is 13.2 Å². The lowest BCUT2D eigenvalue weighted by Gasteiger charge is -2.28. The van der Waals surface area contributed by atoms with Crippen LogP contribution in [0.25, 0.3) is 11.5 Å². The Morgan fingerprint density at radius 2 is 1.81 bits per heavy atom. The highest BCUT2D eigenvalue weighted by atomic mass is 32.2. The number of aromatic nitrogens is 6. The summed E-state index contributed by atoms with van der Waals surface area (Å²) < 4.78 is 46.8. The largest absolute Gasteiger partial charge is 0.497 e. The lowest BCUT2D eigenvalue weighted by atomic mass is 10.2. The summed E-state index contributed by atoms with van der Waals surface area (Å²) in [6, 6.07) is 15.3. The van der Waals surface area contributed by atoms with Crippen molar-refractivity contribution in [3.63, 3.8) is 0 Å². The lowest BCUT2D eigenvalue weighted by Crippen LogP contribution is -2.40. The second-order valence-electron chi connectivity index (χ2n) is 9.85. The van der Waals surface area contributed by atoms with Gasteiger partial charge in [0, 0.05) is 6.54 Å². The first-order valence-corrected chi connectivity index (χ1v) is 14.8. The number of benzene rings is 2. The second kappa shape index (κ2) is 13.3. The van der Waals surface area contributed by atoms with E-state index in [4.69, 9.17) is 18.4 Å². The lowest BCUT2D eigenvalue weighted by molar-refractivity contribution is -0.147. The van der Waals surface area contributed by atoms with Crippen LogP contribution in [0.4, 0.5) is 0 Å². The third kappa shape index (κ3) is 7.95. The zero-order valence-corrected chi connectivity index (χ0v) is 24.7. The van der Waals surface area contributed by atoms with Gasteiger partial charge < -0.3 is 19.5 Å². The summed E-state index contributed by atoms with van der Waals surface area (Å²) in [5.41, 5.74) is 2.34. The van der Waals surface area contributed by atoms with Gasteiger partial charge in [-0.1, -0.05) is 29.8 Å². The maximum atomic E-state index is 12.8. The molecule has 0 radical (unpaired) electrons. The molecule has 2 aromatic carbocycles. The first-order chi connectivity index (χ1) is 20.7. The van der Waals surface area contributed by atoms with E-state index in [1.807, 2.05) is 31.2 Å². The van der Waals surface area contributed by atoms with Gasteiger partial charge in [-0.05, 0) is 55.0 Å². The zero-order valence-electron chi connectivity index (χ0n) is 23.8. The molecule has 1 fully saturated rings.